The molecule has 0 aliphatic carbocycles. The summed E-state index contributed by atoms with van der Waals surface area (Å²) in [6.45, 7) is 4.90. The molecule has 0 amide bonds. The average molecular weight is 397 g/mol. The van der Waals surface area contributed by atoms with Gasteiger partial charge in [-0.05, 0) is 49.9 Å². The zero-order chi connectivity index (χ0) is 19.8. The first-order chi connectivity index (χ1) is 13.5. The fraction of sp³-hybridized carbons (Fsp3) is 0.273. The Balaban J connectivity index is 2.12. The van der Waals surface area contributed by atoms with Crippen molar-refractivity contribution in [3.8, 4) is 16.9 Å². The molecule has 6 heteroatoms. The fourth-order valence-corrected chi connectivity index (χ4v) is 4.26. The Bertz CT molecular complexity index is 1050. The van der Waals surface area contributed by atoms with E-state index >= 15 is 0 Å². The zero-order valence-electron chi connectivity index (χ0n) is 15.8. The predicted octanol–water partition coefficient (Wildman–Crippen LogP) is 5.91. The minimum atomic E-state index is -1.36. The molecule has 1 unspecified atom stereocenters. The molecule has 1 aliphatic heterocycles. The molecule has 0 bridgehead atoms. The number of fused-ring (bicyclic) bond motifs is 1. The Morgan fingerprint density at radius 1 is 1.29 bits per heavy atom. The highest BCUT2D eigenvalue weighted by Gasteiger charge is 2.29. The van der Waals surface area contributed by atoms with Crippen molar-refractivity contribution in [2.75, 3.05) is 11.4 Å². The van der Waals surface area contributed by atoms with Crippen molar-refractivity contribution in [2.24, 2.45) is 0 Å². The van der Waals surface area contributed by atoms with E-state index in [1.54, 1.807) is 0 Å². The van der Waals surface area contributed by atoms with Gasteiger partial charge in [-0.3, -0.25) is 0 Å². The van der Waals surface area contributed by atoms with E-state index in [2.05, 4.69) is 11.8 Å². The number of hydrogen-bond donors (Lipinski definition) is 1. The Morgan fingerprint density at radius 2 is 2.04 bits per heavy atom. The molecule has 5 nitrogen and oxygen atoms in total. The van der Waals surface area contributed by atoms with E-state index in [4.69, 9.17) is 21.3 Å². The highest BCUT2D eigenvalue weighted by atomic mass is 35.5. The van der Waals surface area contributed by atoms with Crippen LogP contribution in [-0.4, -0.2) is 28.8 Å². The van der Waals surface area contributed by atoms with Crippen molar-refractivity contribution in [3.63, 3.8) is 0 Å². The van der Waals surface area contributed by atoms with Crippen molar-refractivity contribution in [3.05, 3.63) is 53.1 Å². The number of halogens is 1. The number of aryl methyl sites for hydroxylation is 1. The molecule has 144 valence electrons. The third kappa shape index (κ3) is 3.27. The molecule has 0 saturated carbocycles. The molecule has 28 heavy (non-hydrogen) atoms. The van der Waals surface area contributed by atoms with Crippen LogP contribution in [0.3, 0.4) is 0 Å². The topological polar surface area (TPSA) is 62.7 Å². The summed E-state index contributed by atoms with van der Waals surface area (Å²) in [5, 5.41) is 10.8. The molecule has 0 radical (unpaired) electrons. The molecular formula is C22H21ClN2O3. The molecule has 2 aromatic carbocycles. The molecule has 1 fully saturated rings. The maximum absolute atomic E-state index is 11.6. The summed E-state index contributed by atoms with van der Waals surface area (Å²) in [6, 6.07) is 13.6. The zero-order valence-corrected chi connectivity index (χ0v) is 16.5. The minimum Gasteiger partial charge on any atom is -0.449 e. The summed E-state index contributed by atoms with van der Waals surface area (Å²) < 4.78 is 5.35. The first-order valence-electron chi connectivity index (χ1n) is 9.32. The quantitative estimate of drug-likeness (QED) is 0.557. The normalized spacial score (nSPS) is 16.5. The van der Waals surface area contributed by atoms with Crippen LogP contribution < -0.4 is 9.64 Å². The van der Waals surface area contributed by atoms with Crippen molar-refractivity contribution >= 4 is 34.5 Å². The lowest BCUT2D eigenvalue weighted by Crippen LogP contribution is -2.28. The summed E-state index contributed by atoms with van der Waals surface area (Å²) in [5.74, 6) is 0.839. The van der Waals surface area contributed by atoms with Crippen molar-refractivity contribution in [2.45, 2.75) is 32.7 Å². The number of ether oxygens (including phenoxy) is 1. The highest BCUT2D eigenvalue weighted by Crippen LogP contribution is 2.45. The second-order valence-electron chi connectivity index (χ2n) is 7.18. The monoisotopic (exact) mass is 396 g/mol. The average Bonchev–Trinajstić information content (AvgIpc) is 3.07. The summed E-state index contributed by atoms with van der Waals surface area (Å²) >= 11 is 6.34. The number of aromatic nitrogens is 1. The molecule has 4 rings (SSSR count). The molecule has 1 aromatic heterocycles. The van der Waals surface area contributed by atoms with E-state index in [-0.39, 0.29) is 11.8 Å². The Hall–Kier alpha value is -2.79. The lowest BCUT2D eigenvalue weighted by molar-refractivity contribution is 0.144. The smallest absolute Gasteiger partial charge is 0.449 e. The molecule has 1 aliphatic rings. The number of carboxylic acid groups (broad SMARTS) is 1. The Morgan fingerprint density at radius 3 is 2.68 bits per heavy atom. The van der Waals surface area contributed by atoms with Gasteiger partial charge in [0.05, 0.1) is 5.52 Å². The van der Waals surface area contributed by atoms with Crippen LogP contribution in [0.2, 0.25) is 5.02 Å². The number of hydrogen-bond acceptors (Lipinski definition) is 4. The summed E-state index contributed by atoms with van der Waals surface area (Å²) in [6.07, 6.45) is 0.713. The summed E-state index contributed by atoms with van der Waals surface area (Å²) in [7, 11) is 0. The third-order valence-electron chi connectivity index (χ3n) is 5.26. The van der Waals surface area contributed by atoms with Crippen molar-refractivity contribution in [1.29, 1.82) is 0 Å². The van der Waals surface area contributed by atoms with E-state index in [1.165, 1.54) is 0 Å². The summed E-state index contributed by atoms with van der Waals surface area (Å²) in [4.78, 5) is 18.6. The largest absolute Gasteiger partial charge is 0.511 e. The second kappa shape index (κ2) is 7.32. The van der Waals surface area contributed by atoms with Gasteiger partial charge in [-0.2, -0.15) is 0 Å². The van der Waals surface area contributed by atoms with Crippen LogP contribution in [-0.2, 0) is 0 Å². The van der Waals surface area contributed by atoms with Gasteiger partial charge in [-0.25, -0.2) is 9.78 Å². The molecule has 3 aromatic rings. The van der Waals surface area contributed by atoms with Gasteiger partial charge in [0.15, 0.2) is 11.6 Å². The minimum absolute atomic E-state index is 0.261. The van der Waals surface area contributed by atoms with Crippen LogP contribution in [0.15, 0.2) is 42.5 Å². The summed E-state index contributed by atoms with van der Waals surface area (Å²) in [5.41, 5.74) is 3.30. The van der Waals surface area contributed by atoms with Gasteiger partial charge in [0, 0.05) is 28.6 Å². The van der Waals surface area contributed by atoms with Crippen LogP contribution in [0, 0.1) is 6.92 Å². The van der Waals surface area contributed by atoms with Gasteiger partial charge in [-0.15, -0.1) is 0 Å². The molecule has 0 spiro atoms. The lowest BCUT2D eigenvalue weighted by atomic mass is 9.98. The molecule has 1 saturated heterocycles. The maximum Gasteiger partial charge on any atom is 0.511 e. The molecule has 1 atom stereocenters. The highest BCUT2D eigenvalue weighted by molar-refractivity contribution is 6.31. The standard InChI is InChI=1S/C22H21ClN2O3/c1-13-11-16(23)12-17-18(15-8-4-3-5-9-15)20(28-22(26)27)21(24-19(13)17)25-10-6-7-14(25)2/h3-5,8-9,11-12,14H,6-7,10H2,1-2H3,(H,26,27). The van der Waals surface area contributed by atoms with Gasteiger partial charge in [0.2, 0.25) is 0 Å². The number of pyridine rings is 1. The first-order valence-corrected chi connectivity index (χ1v) is 9.70. The number of nitrogens with zero attached hydrogens (tertiary/aromatic N) is 2. The molecular weight excluding hydrogens is 376 g/mol. The Labute approximate surface area is 168 Å². The number of rotatable bonds is 3. The number of anilines is 1. The van der Waals surface area contributed by atoms with Crippen LogP contribution in [0.4, 0.5) is 10.6 Å². The second-order valence-corrected chi connectivity index (χ2v) is 7.61. The van der Waals surface area contributed by atoms with E-state index in [0.717, 1.165) is 41.4 Å². The van der Waals surface area contributed by atoms with Gasteiger partial charge in [0.25, 0.3) is 0 Å². The van der Waals surface area contributed by atoms with Gasteiger partial charge < -0.3 is 14.7 Å². The maximum atomic E-state index is 11.6. The van der Waals surface area contributed by atoms with E-state index in [0.29, 0.717) is 16.4 Å². The van der Waals surface area contributed by atoms with Crippen LogP contribution >= 0.6 is 11.6 Å². The van der Waals surface area contributed by atoms with E-state index in [9.17, 15) is 9.90 Å². The van der Waals surface area contributed by atoms with Crippen LogP contribution in [0.5, 0.6) is 5.75 Å². The third-order valence-corrected chi connectivity index (χ3v) is 5.48. The first kappa shape index (κ1) is 18.6. The van der Waals surface area contributed by atoms with Gasteiger partial charge in [0.1, 0.15) is 0 Å². The molecule has 2 heterocycles. The SMILES string of the molecule is Cc1cc(Cl)cc2c(-c3ccccc3)c(OC(=O)O)c(N3CCCC3C)nc12. The van der Waals surface area contributed by atoms with Crippen molar-refractivity contribution < 1.29 is 14.6 Å². The Kier molecular flexibility index (Phi) is 4.85. The van der Waals surface area contributed by atoms with Crippen LogP contribution in [0.25, 0.3) is 22.0 Å². The molecule has 1 N–H and O–H groups in total. The van der Waals surface area contributed by atoms with Crippen molar-refractivity contribution in [1.82, 2.24) is 4.98 Å². The van der Waals surface area contributed by atoms with Crippen LogP contribution in [0.1, 0.15) is 25.3 Å². The van der Waals surface area contributed by atoms with Gasteiger partial charge >= 0.3 is 6.16 Å². The predicted molar refractivity (Wildman–Crippen MR) is 112 cm³/mol. The van der Waals surface area contributed by atoms with E-state index in [1.807, 2.05) is 49.4 Å². The number of benzene rings is 2. The lowest BCUT2D eigenvalue weighted by Gasteiger charge is -2.27. The van der Waals surface area contributed by atoms with Gasteiger partial charge in [-0.1, -0.05) is 41.9 Å². The fourth-order valence-electron chi connectivity index (χ4n) is 3.98. The van der Waals surface area contributed by atoms with E-state index < -0.39 is 6.16 Å². The number of carbonyl (C=O) groups is 1.